The summed E-state index contributed by atoms with van der Waals surface area (Å²) < 4.78 is 39.8. The van der Waals surface area contributed by atoms with Crippen LogP contribution in [-0.4, -0.2) is 37.0 Å². The zero-order valence-electron chi connectivity index (χ0n) is 12.0. The Morgan fingerprint density at radius 1 is 1.09 bits per heavy atom. The lowest BCUT2D eigenvalue weighted by molar-refractivity contribution is 0.0602. The maximum Gasteiger partial charge on any atom is 0.256 e. The number of likely N-dealkylation sites (tertiary alicyclic amines) is 1. The molecule has 0 aliphatic carbocycles. The molecule has 2 heterocycles. The van der Waals surface area contributed by atoms with Crippen molar-refractivity contribution in [2.45, 2.75) is 19.3 Å². The Labute approximate surface area is 133 Å². The van der Waals surface area contributed by atoms with Gasteiger partial charge < -0.3 is 10.2 Å². The first-order valence-electron chi connectivity index (χ1n) is 7.16. The Morgan fingerprint density at radius 3 is 2.36 bits per heavy atom. The molecule has 0 unspecified atom stereocenters. The SMILES string of the molecule is Cl.O=C(c1ccc(F)c(F)c1F)N1CCC2(CCNC2)CC1. The number of benzene rings is 1. The molecule has 1 aromatic carbocycles. The second-order valence-electron chi connectivity index (χ2n) is 5.94. The first-order valence-corrected chi connectivity index (χ1v) is 7.16. The molecule has 7 heteroatoms. The summed E-state index contributed by atoms with van der Waals surface area (Å²) in [5.41, 5.74) is -0.155. The van der Waals surface area contributed by atoms with Crippen LogP contribution in [0.25, 0.3) is 0 Å². The summed E-state index contributed by atoms with van der Waals surface area (Å²) in [6.07, 6.45) is 2.81. The Hall–Kier alpha value is -1.27. The molecule has 1 aromatic rings. The van der Waals surface area contributed by atoms with E-state index in [-0.39, 0.29) is 17.8 Å². The maximum absolute atomic E-state index is 13.7. The van der Waals surface area contributed by atoms with Crippen molar-refractivity contribution in [3.8, 4) is 0 Å². The highest BCUT2D eigenvalue weighted by Crippen LogP contribution is 2.37. The van der Waals surface area contributed by atoms with Gasteiger partial charge in [0.05, 0.1) is 5.56 Å². The molecule has 2 fully saturated rings. The molecule has 2 aliphatic heterocycles. The van der Waals surface area contributed by atoms with Gasteiger partial charge in [0, 0.05) is 19.6 Å². The van der Waals surface area contributed by atoms with E-state index in [9.17, 15) is 18.0 Å². The number of halogens is 4. The van der Waals surface area contributed by atoms with Gasteiger partial charge in [-0.05, 0) is 43.4 Å². The van der Waals surface area contributed by atoms with Crippen molar-refractivity contribution < 1.29 is 18.0 Å². The normalized spacial score (nSPS) is 20.0. The number of piperidine rings is 1. The maximum atomic E-state index is 13.7. The second kappa shape index (κ2) is 6.46. The number of carbonyl (C=O) groups is 1. The molecule has 0 saturated carbocycles. The average Bonchev–Trinajstić information content (AvgIpc) is 2.93. The van der Waals surface area contributed by atoms with Gasteiger partial charge in [0.1, 0.15) is 0 Å². The molecule has 2 saturated heterocycles. The molecule has 1 amide bonds. The zero-order valence-corrected chi connectivity index (χ0v) is 12.8. The number of amides is 1. The highest BCUT2D eigenvalue weighted by atomic mass is 35.5. The van der Waals surface area contributed by atoms with Gasteiger partial charge in [-0.3, -0.25) is 4.79 Å². The van der Waals surface area contributed by atoms with Crippen molar-refractivity contribution in [2.24, 2.45) is 5.41 Å². The third-order valence-electron chi connectivity index (χ3n) is 4.71. The van der Waals surface area contributed by atoms with Crippen LogP contribution < -0.4 is 5.32 Å². The number of rotatable bonds is 1. The smallest absolute Gasteiger partial charge is 0.256 e. The third kappa shape index (κ3) is 2.94. The quantitative estimate of drug-likeness (QED) is 0.801. The van der Waals surface area contributed by atoms with Gasteiger partial charge in [0.2, 0.25) is 0 Å². The number of nitrogens with one attached hydrogen (secondary N) is 1. The van der Waals surface area contributed by atoms with Gasteiger partial charge in [0.15, 0.2) is 17.5 Å². The Morgan fingerprint density at radius 2 is 1.77 bits per heavy atom. The van der Waals surface area contributed by atoms with Crippen molar-refractivity contribution in [2.75, 3.05) is 26.2 Å². The fourth-order valence-electron chi connectivity index (χ4n) is 3.27. The van der Waals surface area contributed by atoms with E-state index in [1.165, 1.54) is 4.90 Å². The van der Waals surface area contributed by atoms with Gasteiger partial charge in [-0.15, -0.1) is 12.4 Å². The van der Waals surface area contributed by atoms with Crippen LogP contribution in [-0.2, 0) is 0 Å². The highest BCUT2D eigenvalue weighted by Gasteiger charge is 2.38. The summed E-state index contributed by atoms with van der Waals surface area (Å²) >= 11 is 0. The van der Waals surface area contributed by atoms with E-state index in [0.29, 0.717) is 13.1 Å². The predicted molar refractivity (Wildman–Crippen MR) is 78.6 cm³/mol. The van der Waals surface area contributed by atoms with Gasteiger partial charge >= 0.3 is 0 Å². The van der Waals surface area contributed by atoms with Crippen LogP contribution >= 0.6 is 12.4 Å². The molecule has 0 atom stereocenters. The van der Waals surface area contributed by atoms with Crippen molar-refractivity contribution in [3.05, 3.63) is 35.1 Å². The Balaban J connectivity index is 0.00000176. The van der Waals surface area contributed by atoms with Crippen molar-refractivity contribution in [1.29, 1.82) is 0 Å². The first kappa shape index (κ1) is 17.1. The molecular weight excluding hydrogens is 317 g/mol. The van der Waals surface area contributed by atoms with E-state index in [1.807, 2.05) is 0 Å². The number of hydrogen-bond acceptors (Lipinski definition) is 2. The lowest BCUT2D eigenvalue weighted by atomic mass is 9.78. The van der Waals surface area contributed by atoms with Crippen LogP contribution in [0.1, 0.15) is 29.6 Å². The molecule has 1 N–H and O–H groups in total. The lowest BCUT2D eigenvalue weighted by Crippen LogP contribution is -2.44. The van der Waals surface area contributed by atoms with E-state index in [4.69, 9.17) is 0 Å². The van der Waals surface area contributed by atoms with E-state index >= 15 is 0 Å². The molecule has 2 aliphatic rings. The zero-order chi connectivity index (χ0) is 15.0. The summed E-state index contributed by atoms with van der Waals surface area (Å²) in [4.78, 5) is 13.8. The fourth-order valence-corrected chi connectivity index (χ4v) is 3.27. The third-order valence-corrected chi connectivity index (χ3v) is 4.71. The summed E-state index contributed by atoms with van der Waals surface area (Å²) in [6, 6.07) is 1.80. The van der Waals surface area contributed by atoms with Gasteiger partial charge in [-0.1, -0.05) is 0 Å². The molecular formula is C15H18ClF3N2O. The number of carbonyl (C=O) groups excluding carboxylic acids is 1. The van der Waals surface area contributed by atoms with E-state index < -0.39 is 28.9 Å². The van der Waals surface area contributed by atoms with Gasteiger partial charge in [0.25, 0.3) is 5.91 Å². The Bertz CT molecular complexity index is 566. The van der Waals surface area contributed by atoms with Crippen LogP contribution in [0.15, 0.2) is 12.1 Å². The largest absolute Gasteiger partial charge is 0.339 e. The Kier molecular flexibility index (Phi) is 5.02. The second-order valence-corrected chi connectivity index (χ2v) is 5.94. The van der Waals surface area contributed by atoms with Crippen LogP contribution in [0.5, 0.6) is 0 Å². The molecule has 122 valence electrons. The number of hydrogen-bond donors (Lipinski definition) is 1. The predicted octanol–water partition coefficient (Wildman–Crippen LogP) is 2.74. The van der Waals surface area contributed by atoms with Crippen molar-refractivity contribution >= 4 is 18.3 Å². The van der Waals surface area contributed by atoms with Crippen molar-refractivity contribution in [1.82, 2.24) is 10.2 Å². The summed E-state index contributed by atoms with van der Waals surface area (Å²) in [5.74, 6) is -4.83. The minimum atomic E-state index is -1.59. The topological polar surface area (TPSA) is 32.3 Å². The van der Waals surface area contributed by atoms with Crippen molar-refractivity contribution in [3.63, 3.8) is 0 Å². The van der Waals surface area contributed by atoms with Gasteiger partial charge in [-0.25, -0.2) is 13.2 Å². The monoisotopic (exact) mass is 334 g/mol. The molecule has 22 heavy (non-hydrogen) atoms. The first-order chi connectivity index (χ1) is 10.0. The van der Waals surface area contributed by atoms with E-state index in [0.717, 1.165) is 44.5 Å². The molecule has 3 rings (SSSR count). The standard InChI is InChI=1S/C15H17F3N2O.ClH/c16-11-2-1-10(12(17)13(11)18)14(21)20-7-4-15(5-8-20)3-6-19-9-15;/h1-2,19H,3-9H2;1H. The number of nitrogens with zero attached hydrogens (tertiary/aromatic N) is 1. The summed E-state index contributed by atoms with van der Waals surface area (Å²) in [5, 5.41) is 3.33. The molecule has 0 bridgehead atoms. The van der Waals surface area contributed by atoms with E-state index in [2.05, 4.69) is 5.32 Å². The summed E-state index contributed by atoms with van der Waals surface area (Å²) in [6.45, 7) is 3.00. The fraction of sp³-hybridized carbons (Fsp3) is 0.533. The molecule has 3 nitrogen and oxygen atoms in total. The van der Waals surface area contributed by atoms with E-state index in [1.54, 1.807) is 0 Å². The minimum Gasteiger partial charge on any atom is -0.339 e. The van der Waals surface area contributed by atoms with Crippen LogP contribution in [0.4, 0.5) is 13.2 Å². The lowest BCUT2D eigenvalue weighted by Gasteiger charge is -2.38. The molecule has 1 spiro atoms. The van der Waals surface area contributed by atoms with Crippen LogP contribution in [0.2, 0.25) is 0 Å². The minimum absolute atomic E-state index is 0. The van der Waals surface area contributed by atoms with Crippen LogP contribution in [0.3, 0.4) is 0 Å². The van der Waals surface area contributed by atoms with Gasteiger partial charge in [-0.2, -0.15) is 0 Å². The average molecular weight is 335 g/mol. The molecule has 0 radical (unpaired) electrons. The van der Waals surface area contributed by atoms with Crippen LogP contribution in [0, 0.1) is 22.9 Å². The molecule has 0 aromatic heterocycles. The highest BCUT2D eigenvalue weighted by molar-refractivity contribution is 5.94. The summed E-state index contributed by atoms with van der Waals surface area (Å²) in [7, 11) is 0.